The molecule has 8 heteroatoms. The number of unbranched alkanes of at least 4 members (excludes halogenated alkanes) is 22. The number of halogens is 2. The van der Waals surface area contributed by atoms with Crippen molar-refractivity contribution in [1.82, 2.24) is 9.97 Å². The van der Waals surface area contributed by atoms with Crippen LogP contribution in [0.1, 0.15) is 168 Å². The Kier molecular flexibility index (Phi) is 23.2. The SMILES string of the molecule is CCCCCCCCCCCCCCSc1cc(Br)ccc1-c1nc2sc(-c3ccc(Br)cc3SCCCCCCCCCCCCCC)nc2s1. The highest BCUT2D eigenvalue weighted by molar-refractivity contribution is 9.10. The number of rotatable bonds is 30. The molecule has 0 fully saturated rings. The molecule has 2 heterocycles. The molecule has 0 aliphatic carbocycles. The lowest BCUT2D eigenvalue weighted by Crippen LogP contribution is -1.87. The van der Waals surface area contributed by atoms with E-state index in [0.717, 1.165) is 40.1 Å². The van der Waals surface area contributed by atoms with Crippen LogP contribution in [0, 0.1) is 0 Å². The molecule has 0 radical (unpaired) electrons. The van der Waals surface area contributed by atoms with Gasteiger partial charge in [0.1, 0.15) is 10.0 Å². The molecule has 0 aliphatic heterocycles. The van der Waals surface area contributed by atoms with E-state index in [1.807, 2.05) is 23.5 Å². The van der Waals surface area contributed by atoms with E-state index in [1.165, 1.54) is 175 Å². The van der Waals surface area contributed by atoms with Crippen LogP contribution in [0.25, 0.3) is 30.8 Å². The first-order chi connectivity index (χ1) is 25.6. The Labute approximate surface area is 350 Å². The highest BCUT2D eigenvalue weighted by atomic mass is 79.9. The number of thiazole rings is 2. The van der Waals surface area contributed by atoms with Gasteiger partial charge in [-0.2, -0.15) is 0 Å². The highest BCUT2D eigenvalue weighted by Crippen LogP contribution is 2.43. The maximum Gasteiger partial charge on any atom is 0.155 e. The van der Waals surface area contributed by atoms with Crippen LogP contribution in [0.2, 0.25) is 0 Å². The van der Waals surface area contributed by atoms with Crippen molar-refractivity contribution >= 4 is 87.7 Å². The fraction of sp³-hybridized carbons (Fsp3) is 0.636. The number of nitrogens with zero attached hydrogens (tertiary/aromatic N) is 2. The molecule has 0 N–H and O–H groups in total. The Morgan fingerprint density at radius 1 is 0.442 bits per heavy atom. The smallest absolute Gasteiger partial charge is 0.155 e. The van der Waals surface area contributed by atoms with Gasteiger partial charge in [-0.25, -0.2) is 9.97 Å². The molecular formula is C44H64Br2N2S4. The molecule has 288 valence electrons. The zero-order valence-electron chi connectivity index (χ0n) is 32.1. The second-order valence-corrected chi connectivity index (χ2v) is 20.5. The van der Waals surface area contributed by atoms with E-state index in [4.69, 9.17) is 9.97 Å². The third-order valence-corrected chi connectivity index (χ3v) is 15.2. The van der Waals surface area contributed by atoms with E-state index in [-0.39, 0.29) is 0 Å². The van der Waals surface area contributed by atoms with Gasteiger partial charge in [-0.15, -0.1) is 23.5 Å². The Morgan fingerprint density at radius 3 is 1.08 bits per heavy atom. The van der Waals surface area contributed by atoms with E-state index >= 15 is 0 Å². The second kappa shape index (κ2) is 27.3. The molecule has 4 aromatic rings. The summed E-state index contributed by atoms with van der Waals surface area (Å²) < 4.78 is 2.27. The highest BCUT2D eigenvalue weighted by Gasteiger charge is 2.18. The van der Waals surface area contributed by atoms with Crippen LogP contribution in [0.15, 0.2) is 55.1 Å². The number of thioether (sulfide) groups is 2. The molecule has 0 atom stereocenters. The third kappa shape index (κ3) is 16.8. The Bertz CT molecular complexity index is 1390. The van der Waals surface area contributed by atoms with Gasteiger partial charge in [0.15, 0.2) is 9.66 Å². The van der Waals surface area contributed by atoms with Gasteiger partial charge in [-0.3, -0.25) is 0 Å². The number of hydrogen-bond acceptors (Lipinski definition) is 6. The fourth-order valence-electron chi connectivity index (χ4n) is 6.71. The standard InChI is InChI=1S/C44H64Br2N2S4/c1-3-5-7-9-11-13-15-17-19-21-23-25-31-49-39-33-35(45)27-29-37(39)41-47-43-44(51-41)48-42(52-43)38-30-28-36(46)34-40(38)50-32-26-24-22-20-18-16-14-12-10-8-6-4-2/h27-30,33-34H,3-26,31-32H2,1-2H3. The van der Waals surface area contributed by atoms with Crippen LogP contribution in [0.5, 0.6) is 0 Å². The predicted octanol–water partition coefficient (Wildman–Crippen LogP) is 18.2. The zero-order chi connectivity index (χ0) is 36.6. The number of hydrogen-bond donors (Lipinski definition) is 0. The van der Waals surface area contributed by atoms with Crippen LogP contribution < -0.4 is 0 Å². The maximum atomic E-state index is 5.15. The van der Waals surface area contributed by atoms with Crippen LogP contribution in [0.4, 0.5) is 0 Å². The molecule has 0 bridgehead atoms. The number of benzene rings is 2. The summed E-state index contributed by atoms with van der Waals surface area (Å²) in [7, 11) is 0. The first kappa shape index (κ1) is 44.3. The average Bonchev–Trinajstić information content (AvgIpc) is 3.72. The van der Waals surface area contributed by atoms with Crippen molar-refractivity contribution in [2.45, 2.75) is 178 Å². The van der Waals surface area contributed by atoms with Crippen molar-refractivity contribution in [1.29, 1.82) is 0 Å². The summed E-state index contributed by atoms with van der Waals surface area (Å²) in [5.74, 6) is 2.32. The summed E-state index contributed by atoms with van der Waals surface area (Å²) >= 11 is 14.9. The van der Waals surface area contributed by atoms with Crippen molar-refractivity contribution in [3.63, 3.8) is 0 Å². The first-order valence-electron chi connectivity index (χ1n) is 20.7. The minimum absolute atomic E-state index is 1.05. The molecular weight excluding hydrogens is 845 g/mol. The van der Waals surface area contributed by atoms with Crippen LogP contribution in [0.3, 0.4) is 0 Å². The maximum absolute atomic E-state index is 5.15. The Hall–Kier alpha value is -0.380. The van der Waals surface area contributed by atoms with Gasteiger partial charge in [-0.1, -0.05) is 210 Å². The molecule has 2 nitrogen and oxygen atoms in total. The van der Waals surface area contributed by atoms with E-state index < -0.39 is 0 Å². The van der Waals surface area contributed by atoms with Crippen molar-refractivity contribution < 1.29 is 0 Å². The Balaban J connectivity index is 1.21. The van der Waals surface area contributed by atoms with E-state index in [9.17, 15) is 0 Å². The zero-order valence-corrected chi connectivity index (χ0v) is 38.6. The van der Waals surface area contributed by atoms with Crippen LogP contribution >= 0.6 is 78.1 Å². The minimum Gasteiger partial charge on any atom is -0.223 e. The number of aromatic nitrogens is 2. The van der Waals surface area contributed by atoms with Crippen molar-refractivity contribution in [2.75, 3.05) is 11.5 Å². The molecule has 4 rings (SSSR count). The fourth-order valence-corrected chi connectivity index (χ4v) is 12.2. The van der Waals surface area contributed by atoms with Gasteiger partial charge in [0, 0.05) is 29.9 Å². The summed E-state index contributed by atoms with van der Waals surface area (Å²) in [5, 5.41) is 2.17. The molecule has 0 saturated carbocycles. The quantitative estimate of drug-likeness (QED) is 0.0385. The molecule has 0 aliphatic rings. The third-order valence-electron chi connectivity index (χ3n) is 9.83. The van der Waals surface area contributed by atoms with Crippen molar-refractivity contribution in [3.05, 3.63) is 45.3 Å². The average molecular weight is 909 g/mol. The Morgan fingerprint density at radius 2 is 0.750 bits per heavy atom. The van der Waals surface area contributed by atoms with Gasteiger partial charge < -0.3 is 0 Å². The molecule has 0 saturated heterocycles. The molecule has 0 unspecified atom stereocenters. The number of fused-ring (bicyclic) bond motifs is 1. The summed E-state index contributed by atoms with van der Waals surface area (Å²) in [5.41, 5.74) is 2.48. The van der Waals surface area contributed by atoms with Gasteiger partial charge >= 0.3 is 0 Å². The van der Waals surface area contributed by atoms with Gasteiger partial charge in [0.25, 0.3) is 0 Å². The molecule has 52 heavy (non-hydrogen) atoms. The van der Waals surface area contributed by atoms with E-state index in [1.54, 1.807) is 22.7 Å². The monoisotopic (exact) mass is 906 g/mol. The molecule has 2 aromatic heterocycles. The van der Waals surface area contributed by atoms with Crippen molar-refractivity contribution in [3.8, 4) is 21.1 Å². The molecule has 2 aromatic carbocycles. The topological polar surface area (TPSA) is 25.8 Å². The van der Waals surface area contributed by atoms with Crippen LogP contribution in [-0.2, 0) is 0 Å². The first-order valence-corrected chi connectivity index (χ1v) is 25.9. The van der Waals surface area contributed by atoms with Crippen LogP contribution in [-0.4, -0.2) is 21.5 Å². The lowest BCUT2D eigenvalue weighted by molar-refractivity contribution is 0.548. The van der Waals surface area contributed by atoms with Gasteiger partial charge in [-0.05, 0) is 60.7 Å². The largest absolute Gasteiger partial charge is 0.223 e. The summed E-state index contributed by atoms with van der Waals surface area (Å²) in [4.78, 5) is 15.0. The van der Waals surface area contributed by atoms with Gasteiger partial charge in [0.2, 0.25) is 0 Å². The second-order valence-electron chi connectivity index (χ2n) is 14.4. The predicted molar refractivity (Wildman–Crippen MR) is 245 cm³/mol. The minimum atomic E-state index is 1.05. The lowest BCUT2D eigenvalue weighted by Gasteiger charge is -2.09. The summed E-state index contributed by atoms with van der Waals surface area (Å²) in [6.45, 7) is 4.59. The molecule has 0 spiro atoms. The normalized spacial score (nSPS) is 11.7. The molecule has 0 amide bonds. The lowest BCUT2D eigenvalue weighted by atomic mass is 10.1. The van der Waals surface area contributed by atoms with E-state index in [0.29, 0.717) is 0 Å². The van der Waals surface area contributed by atoms with E-state index in [2.05, 4.69) is 82.1 Å². The summed E-state index contributed by atoms with van der Waals surface area (Å²) in [6.07, 6.45) is 33.4. The van der Waals surface area contributed by atoms with Crippen molar-refractivity contribution in [2.24, 2.45) is 0 Å². The van der Waals surface area contributed by atoms with Gasteiger partial charge in [0.05, 0.1) is 0 Å². The summed E-state index contributed by atoms with van der Waals surface area (Å²) in [6, 6.07) is 13.3.